The van der Waals surface area contributed by atoms with Crippen LogP contribution in [0.3, 0.4) is 0 Å². The topological polar surface area (TPSA) is 31.6 Å². The summed E-state index contributed by atoms with van der Waals surface area (Å²) in [4.78, 5) is 6.72. The van der Waals surface area contributed by atoms with Crippen molar-refractivity contribution in [1.29, 1.82) is 0 Å². The molecule has 2 N–H and O–H groups in total. The first kappa shape index (κ1) is 25.3. The van der Waals surface area contributed by atoms with E-state index in [1.165, 1.54) is 49.1 Å². The fraction of sp³-hybridized carbons (Fsp3) is 0.600. The van der Waals surface area contributed by atoms with Crippen LogP contribution in [0.25, 0.3) is 0 Å². The Bertz CT molecular complexity index is 463. The summed E-state index contributed by atoms with van der Waals surface area (Å²) in [6.07, 6.45) is 11.2. The van der Waals surface area contributed by atoms with Crippen molar-refractivity contribution >= 4 is 72.4 Å². The van der Waals surface area contributed by atoms with Gasteiger partial charge in [0.05, 0.1) is 0 Å². The van der Waals surface area contributed by atoms with Crippen molar-refractivity contribution in [3.63, 3.8) is 0 Å². The number of aromatic amines is 2. The SMILES string of the molecule is CC[B-](CC)(CC)c1ccc[nH]1.CC[B-](CC)(CC)c1ccc[nH]1.[Ba+2]. The molecule has 136 valence electrons. The fourth-order valence-electron chi connectivity index (χ4n) is 4.50. The average molecular weight is 465 g/mol. The van der Waals surface area contributed by atoms with Crippen LogP contribution in [-0.4, -0.2) is 71.1 Å². The van der Waals surface area contributed by atoms with Crippen molar-refractivity contribution in [2.45, 2.75) is 79.5 Å². The predicted octanol–water partition coefficient (Wildman–Crippen LogP) is 5.08. The van der Waals surface area contributed by atoms with Crippen LogP contribution in [0.1, 0.15) is 41.5 Å². The Balaban J connectivity index is 0.000000443. The van der Waals surface area contributed by atoms with Crippen molar-refractivity contribution in [3.05, 3.63) is 36.7 Å². The molecule has 0 aliphatic rings. The molecule has 0 aromatic carbocycles. The molecule has 0 unspecified atom stereocenters. The van der Waals surface area contributed by atoms with E-state index in [1.54, 1.807) is 0 Å². The van der Waals surface area contributed by atoms with E-state index in [1.807, 2.05) is 12.4 Å². The number of rotatable bonds is 8. The van der Waals surface area contributed by atoms with Gasteiger partial charge in [-0.15, -0.1) is 11.2 Å². The van der Waals surface area contributed by atoms with E-state index in [4.69, 9.17) is 0 Å². The number of nitrogens with one attached hydrogen (secondary N) is 2. The predicted molar refractivity (Wildman–Crippen MR) is 121 cm³/mol. The van der Waals surface area contributed by atoms with Gasteiger partial charge in [-0.05, 0) is 24.5 Å². The Hall–Kier alpha value is 0.261. The first-order valence-corrected chi connectivity index (χ1v) is 10.3. The maximum absolute atomic E-state index is 3.36. The molecular formula is C20H38B2BaN2. The van der Waals surface area contributed by atoms with Gasteiger partial charge in [0.25, 0.3) is 0 Å². The fourth-order valence-corrected chi connectivity index (χ4v) is 4.50. The number of hydrogen-bond acceptors (Lipinski definition) is 0. The van der Waals surface area contributed by atoms with Gasteiger partial charge in [-0.1, -0.05) is 53.7 Å². The molecule has 2 heterocycles. The zero-order valence-corrected chi connectivity index (χ0v) is 22.0. The van der Waals surface area contributed by atoms with Crippen LogP contribution < -0.4 is 11.2 Å². The molecule has 5 heteroatoms. The summed E-state index contributed by atoms with van der Waals surface area (Å²) in [5.74, 6) is 0. The van der Waals surface area contributed by atoms with Crippen LogP contribution in [0.5, 0.6) is 0 Å². The van der Waals surface area contributed by atoms with E-state index >= 15 is 0 Å². The van der Waals surface area contributed by atoms with E-state index in [2.05, 4.69) is 75.8 Å². The molecule has 0 fully saturated rings. The summed E-state index contributed by atoms with van der Waals surface area (Å²) in [6.45, 7) is 13.8. The van der Waals surface area contributed by atoms with Gasteiger partial charge >= 0.3 is 48.9 Å². The van der Waals surface area contributed by atoms with Crippen LogP contribution >= 0.6 is 0 Å². The van der Waals surface area contributed by atoms with Gasteiger partial charge in [0.15, 0.2) is 0 Å². The molecule has 0 saturated carbocycles. The molecule has 2 aromatic rings. The van der Waals surface area contributed by atoms with Crippen LogP contribution in [0, 0.1) is 0 Å². The van der Waals surface area contributed by atoms with E-state index in [-0.39, 0.29) is 61.2 Å². The second-order valence-electron chi connectivity index (χ2n) is 7.66. The number of H-pyrrole nitrogens is 2. The first-order chi connectivity index (χ1) is 11.6. The van der Waals surface area contributed by atoms with Crippen LogP contribution in [0.4, 0.5) is 0 Å². The molecular weight excluding hydrogens is 427 g/mol. The summed E-state index contributed by atoms with van der Waals surface area (Å²) < 4.78 is 0. The number of aromatic nitrogens is 2. The van der Waals surface area contributed by atoms with E-state index in [0.717, 1.165) is 0 Å². The molecule has 25 heavy (non-hydrogen) atoms. The number of hydrogen-bond donors (Lipinski definition) is 2. The maximum Gasteiger partial charge on any atom is 2.00 e. The molecule has 0 saturated heterocycles. The van der Waals surface area contributed by atoms with Gasteiger partial charge in [0, 0.05) is 12.3 Å². The van der Waals surface area contributed by atoms with Gasteiger partial charge in [0.2, 0.25) is 0 Å². The Kier molecular flexibility index (Phi) is 12.7. The smallest absolute Gasteiger partial charge is 0.403 e. The summed E-state index contributed by atoms with van der Waals surface area (Å²) in [5.41, 5.74) is 2.92. The van der Waals surface area contributed by atoms with Crippen LogP contribution in [-0.2, 0) is 0 Å². The summed E-state index contributed by atoms with van der Waals surface area (Å²) in [6, 6.07) is 8.67. The Morgan fingerprint density at radius 1 is 0.600 bits per heavy atom. The molecule has 0 radical (unpaired) electrons. The van der Waals surface area contributed by atoms with Crippen molar-refractivity contribution in [2.75, 3.05) is 0 Å². The molecule has 2 aromatic heterocycles. The van der Waals surface area contributed by atoms with Crippen molar-refractivity contribution in [3.8, 4) is 0 Å². The van der Waals surface area contributed by atoms with Gasteiger partial charge in [-0.3, -0.25) is 0 Å². The Labute approximate surface area is 196 Å². The zero-order valence-electron chi connectivity index (χ0n) is 17.6. The molecule has 2 nitrogen and oxygen atoms in total. The quantitative estimate of drug-likeness (QED) is 0.510. The maximum atomic E-state index is 3.36. The van der Waals surface area contributed by atoms with E-state index in [0.29, 0.717) is 0 Å². The second-order valence-corrected chi connectivity index (χ2v) is 7.66. The Morgan fingerprint density at radius 3 is 1.04 bits per heavy atom. The van der Waals surface area contributed by atoms with Crippen molar-refractivity contribution < 1.29 is 0 Å². The Morgan fingerprint density at radius 2 is 0.880 bits per heavy atom. The monoisotopic (exact) mass is 466 g/mol. The molecule has 0 aliphatic heterocycles. The first-order valence-electron chi connectivity index (χ1n) is 10.3. The van der Waals surface area contributed by atoms with Gasteiger partial charge in [0.1, 0.15) is 0 Å². The molecule has 0 bridgehead atoms. The molecule has 0 aliphatic carbocycles. The minimum Gasteiger partial charge on any atom is -0.403 e. The summed E-state index contributed by atoms with van der Waals surface area (Å²) >= 11 is 0. The third-order valence-corrected chi connectivity index (χ3v) is 7.25. The van der Waals surface area contributed by atoms with E-state index in [9.17, 15) is 0 Å². The van der Waals surface area contributed by atoms with Crippen molar-refractivity contribution in [1.82, 2.24) is 9.97 Å². The second kappa shape index (κ2) is 12.6. The minimum atomic E-state index is -0.278. The summed E-state index contributed by atoms with van der Waals surface area (Å²) in [7, 11) is 0. The normalized spacial score (nSPS) is 11.4. The van der Waals surface area contributed by atoms with E-state index < -0.39 is 0 Å². The van der Waals surface area contributed by atoms with Crippen molar-refractivity contribution in [2.24, 2.45) is 0 Å². The standard InChI is InChI=1S/2C10H19BN.Ba/c2*1-4-11(5-2,6-3)10-8-7-9-12-10;/h2*7-9,12H,4-6H2,1-3H3;/q2*-1;+2. The molecule has 0 spiro atoms. The van der Waals surface area contributed by atoms with Gasteiger partial charge in [-0.25, -0.2) is 0 Å². The molecule has 0 amide bonds. The van der Waals surface area contributed by atoms with Crippen LogP contribution in [0.15, 0.2) is 36.7 Å². The van der Waals surface area contributed by atoms with Gasteiger partial charge < -0.3 is 9.97 Å². The summed E-state index contributed by atoms with van der Waals surface area (Å²) in [5, 5.41) is 0. The molecule has 0 atom stereocenters. The minimum absolute atomic E-state index is 0. The average Bonchev–Trinajstić information content (AvgIpc) is 3.34. The van der Waals surface area contributed by atoms with Gasteiger partial charge in [-0.2, -0.15) is 37.9 Å². The van der Waals surface area contributed by atoms with Crippen LogP contribution in [0.2, 0.25) is 37.9 Å². The third-order valence-electron chi connectivity index (χ3n) is 7.25. The molecule has 2 rings (SSSR count). The zero-order chi connectivity index (χ0) is 18.1. The third kappa shape index (κ3) is 6.14. The largest absolute Gasteiger partial charge is 2.00 e.